The van der Waals surface area contributed by atoms with Crippen LogP contribution in [-0.2, 0) is 0 Å². The molecule has 0 aliphatic rings. The van der Waals surface area contributed by atoms with Gasteiger partial charge in [-0.05, 0) is 78.8 Å². The van der Waals surface area contributed by atoms with Gasteiger partial charge in [-0.3, -0.25) is 4.79 Å². The van der Waals surface area contributed by atoms with Crippen LogP contribution in [0.5, 0.6) is 5.75 Å². The lowest BCUT2D eigenvalue weighted by Crippen LogP contribution is -2.02. The van der Waals surface area contributed by atoms with Crippen LogP contribution in [0.25, 0.3) is 54.6 Å². The van der Waals surface area contributed by atoms with Crippen molar-refractivity contribution in [3.63, 3.8) is 0 Å². The van der Waals surface area contributed by atoms with Gasteiger partial charge in [-0.15, -0.1) is 0 Å². The number of phenols is 1. The monoisotopic (exact) mass is 500 g/mol. The smallest absolute Gasteiger partial charge is 0.196 e. The molecule has 0 atom stereocenters. The van der Waals surface area contributed by atoms with Crippen molar-refractivity contribution >= 4 is 38.1 Å². The number of hydrogen-bond acceptors (Lipinski definition) is 2. The zero-order valence-electron chi connectivity index (χ0n) is 21.1. The standard InChI is InChI=1S/C37H24O2/c38-36-20-19-26(21-35(36)37(39)25-13-5-2-6-14-25)32-23-34-29-17-9-7-15-27(29)31(24-11-3-1-4-12-24)22-33(34)30-18-10-8-16-28(30)32/h1-23,38H. The minimum absolute atomic E-state index is 0.0179. The molecule has 7 aromatic rings. The fourth-order valence-electron chi connectivity index (χ4n) is 5.68. The molecule has 0 radical (unpaired) electrons. The molecule has 0 saturated heterocycles. The second-order valence-electron chi connectivity index (χ2n) is 9.83. The Kier molecular flexibility index (Phi) is 5.45. The number of carbonyl (C=O) groups excluding carboxylic acids is 1. The minimum atomic E-state index is -0.196. The molecule has 0 saturated carbocycles. The summed E-state index contributed by atoms with van der Waals surface area (Å²) < 4.78 is 0. The number of hydrogen-bond donors (Lipinski definition) is 1. The van der Waals surface area contributed by atoms with Gasteiger partial charge in [-0.1, -0.05) is 115 Å². The average Bonchev–Trinajstić information content (AvgIpc) is 3.01. The lowest BCUT2D eigenvalue weighted by molar-refractivity contribution is 0.103. The van der Waals surface area contributed by atoms with Crippen LogP contribution in [0.2, 0.25) is 0 Å². The molecule has 0 bridgehead atoms. The highest BCUT2D eigenvalue weighted by molar-refractivity contribution is 6.24. The molecular weight excluding hydrogens is 476 g/mol. The topological polar surface area (TPSA) is 37.3 Å². The third-order valence-corrected chi connectivity index (χ3v) is 7.56. The predicted octanol–water partition coefficient (Wildman–Crippen LogP) is 9.42. The van der Waals surface area contributed by atoms with E-state index in [1.165, 1.54) is 27.3 Å². The van der Waals surface area contributed by atoms with Gasteiger partial charge in [0.15, 0.2) is 5.78 Å². The summed E-state index contributed by atoms with van der Waals surface area (Å²) in [6, 6.07) is 46.5. The summed E-state index contributed by atoms with van der Waals surface area (Å²) in [6.45, 7) is 0. The third-order valence-electron chi connectivity index (χ3n) is 7.56. The molecule has 0 amide bonds. The maximum atomic E-state index is 13.3. The Morgan fingerprint density at radius 2 is 0.923 bits per heavy atom. The number of benzene rings is 7. The molecule has 7 aromatic carbocycles. The number of ketones is 1. The van der Waals surface area contributed by atoms with E-state index in [4.69, 9.17) is 0 Å². The van der Waals surface area contributed by atoms with E-state index in [1.807, 2.05) is 42.5 Å². The number of phenolic OH excluding ortho intramolecular Hbond substituents is 1. The lowest BCUT2D eigenvalue weighted by Gasteiger charge is -2.16. The van der Waals surface area contributed by atoms with Gasteiger partial charge in [0.1, 0.15) is 5.75 Å². The van der Waals surface area contributed by atoms with Crippen molar-refractivity contribution in [1.29, 1.82) is 0 Å². The lowest BCUT2D eigenvalue weighted by atomic mass is 9.87. The van der Waals surface area contributed by atoms with Crippen LogP contribution in [0.15, 0.2) is 140 Å². The van der Waals surface area contributed by atoms with E-state index in [0.717, 1.165) is 27.3 Å². The highest BCUT2D eigenvalue weighted by Gasteiger charge is 2.18. The van der Waals surface area contributed by atoms with Gasteiger partial charge < -0.3 is 5.11 Å². The Morgan fingerprint density at radius 3 is 1.51 bits per heavy atom. The van der Waals surface area contributed by atoms with Crippen LogP contribution in [0.4, 0.5) is 0 Å². The second kappa shape index (κ2) is 9.27. The van der Waals surface area contributed by atoms with Crippen LogP contribution >= 0.6 is 0 Å². The molecule has 0 unspecified atom stereocenters. The van der Waals surface area contributed by atoms with Gasteiger partial charge >= 0.3 is 0 Å². The predicted molar refractivity (Wildman–Crippen MR) is 161 cm³/mol. The minimum Gasteiger partial charge on any atom is -0.507 e. The summed E-state index contributed by atoms with van der Waals surface area (Å²) in [5.74, 6) is -0.214. The van der Waals surface area contributed by atoms with Gasteiger partial charge in [-0.2, -0.15) is 0 Å². The molecule has 39 heavy (non-hydrogen) atoms. The van der Waals surface area contributed by atoms with E-state index in [-0.39, 0.29) is 11.5 Å². The zero-order chi connectivity index (χ0) is 26.3. The first-order valence-electron chi connectivity index (χ1n) is 13.0. The maximum absolute atomic E-state index is 13.3. The Morgan fingerprint density at radius 1 is 0.436 bits per heavy atom. The summed E-state index contributed by atoms with van der Waals surface area (Å²) in [5.41, 5.74) is 5.16. The molecule has 0 heterocycles. The number of fused-ring (bicyclic) bond motifs is 5. The largest absolute Gasteiger partial charge is 0.507 e. The first kappa shape index (κ1) is 22.9. The molecule has 1 N–H and O–H groups in total. The average molecular weight is 501 g/mol. The van der Waals surface area contributed by atoms with Crippen LogP contribution in [0.1, 0.15) is 15.9 Å². The highest BCUT2D eigenvalue weighted by atomic mass is 16.3. The SMILES string of the molecule is O=C(c1ccccc1)c1cc(-c2cc3c4ccccc4c(-c4ccccc4)cc3c3ccccc23)ccc1O. The summed E-state index contributed by atoms with van der Waals surface area (Å²) in [5, 5.41) is 17.6. The Labute approximate surface area is 226 Å². The molecular formula is C37H24O2. The summed E-state index contributed by atoms with van der Waals surface area (Å²) >= 11 is 0. The van der Waals surface area contributed by atoms with Gasteiger partial charge in [0.25, 0.3) is 0 Å². The molecule has 0 aromatic heterocycles. The number of aromatic hydroxyl groups is 1. The molecule has 184 valence electrons. The highest BCUT2D eigenvalue weighted by Crippen LogP contribution is 2.42. The van der Waals surface area contributed by atoms with Gasteiger partial charge in [-0.25, -0.2) is 0 Å². The quantitative estimate of drug-likeness (QED) is 0.193. The van der Waals surface area contributed by atoms with Crippen molar-refractivity contribution in [2.24, 2.45) is 0 Å². The first-order valence-corrected chi connectivity index (χ1v) is 13.0. The van der Waals surface area contributed by atoms with Gasteiger partial charge in [0.2, 0.25) is 0 Å². The van der Waals surface area contributed by atoms with Crippen molar-refractivity contribution in [3.8, 4) is 28.0 Å². The van der Waals surface area contributed by atoms with Crippen LogP contribution < -0.4 is 0 Å². The van der Waals surface area contributed by atoms with Crippen LogP contribution in [0.3, 0.4) is 0 Å². The van der Waals surface area contributed by atoms with Crippen molar-refractivity contribution in [2.45, 2.75) is 0 Å². The van der Waals surface area contributed by atoms with Crippen LogP contribution in [-0.4, -0.2) is 10.9 Å². The molecule has 2 nitrogen and oxygen atoms in total. The Balaban J connectivity index is 1.52. The zero-order valence-corrected chi connectivity index (χ0v) is 21.1. The molecule has 0 fully saturated rings. The summed E-state index contributed by atoms with van der Waals surface area (Å²) in [6.07, 6.45) is 0. The molecule has 0 spiro atoms. The third kappa shape index (κ3) is 3.86. The Hall–Kier alpha value is -5.21. The maximum Gasteiger partial charge on any atom is 0.196 e. The van der Waals surface area contributed by atoms with Gasteiger partial charge in [0, 0.05) is 5.56 Å². The van der Waals surface area contributed by atoms with E-state index in [1.54, 1.807) is 18.2 Å². The fraction of sp³-hybridized carbons (Fsp3) is 0. The van der Waals surface area contributed by atoms with E-state index >= 15 is 0 Å². The van der Waals surface area contributed by atoms with Crippen molar-refractivity contribution < 1.29 is 9.90 Å². The summed E-state index contributed by atoms with van der Waals surface area (Å²) in [7, 11) is 0. The number of carbonyl (C=O) groups is 1. The van der Waals surface area contributed by atoms with E-state index in [0.29, 0.717) is 11.1 Å². The van der Waals surface area contributed by atoms with E-state index in [2.05, 4.69) is 78.9 Å². The number of rotatable bonds is 4. The van der Waals surface area contributed by atoms with E-state index in [9.17, 15) is 9.90 Å². The fourth-order valence-corrected chi connectivity index (χ4v) is 5.68. The second-order valence-corrected chi connectivity index (χ2v) is 9.83. The normalized spacial score (nSPS) is 11.3. The first-order chi connectivity index (χ1) is 19.2. The Bertz CT molecular complexity index is 2020. The van der Waals surface area contributed by atoms with Gasteiger partial charge in [0.05, 0.1) is 5.56 Å². The molecule has 0 aliphatic carbocycles. The van der Waals surface area contributed by atoms with E-state index < -0.39 is 0 Å². The molecule has 7 rings (SSSR count). The molecule has 0 aliphatic heterocycles. The van der Waals surface area contributed by atoms with Crippen molar-refractivity contribution in [3.05, 3.63) is 151 Å². The molecule has 2 heteroatoms. The summed E-state index contributed by atoms with van der Waals surface area (Å²) in [4.78, 5) is 13.3. The van der Waals surface area contributed by atoms with Crippen molar-refractivity contribution in [2.75, 3.05) is 0 Å². The van der Waals surface area contributed by atoms with Crippen LogP contribution in [0, 0.1) is 0 Å². The van der Waals surface area contributed by atoms with Crippen molar-refractivity contribution in [1.82, 2.24) is 0 Å².